The quantitative estimate of drug-likeness (QED) is 0.818. The molecule has 5 heteroatoms. The van der Waals surface area contributed by atoms with Crippen LogP contribution in [0.1, 0.15) is 12.0 Å². The number of carbonyl (C=O) groups is 2. The third kappa shape index (κ3) is 2.44. The highest BCUT2D eigenvalue weighted by Gasteiger charge is 2.39. The maximum Gasteiger partial charge on any atom is 0.237 e. The Kier molecular flexibility index (Phi) is 3.26. The maximum atomic E-state index is 12.7. The molecule has 0 aromatic heterocycles. The first-order valence-electron chi connectivity index (χ1n) is 7.53. The molecule has 1 saturated heterocycles. The summed E-state index contributed by atoms with van der Waals surface area (Å²) >= 11 is 0. The van der Waals surface area contributed by atoms with Crippen molar-refractivity contribution in [3.63, 3.8) is 0 Å². The summed E-state index contributed by atoms with van der Waals surface area (Å²) in [6, 6.07) is 14.9. The lowest BCUT2D eigenvalue weighted by Crippen LogP contribution is -2.30. The molecule has 0 spiro atoms. The highest BCUT2D eigenvalue weighted by Crippen LogP contribution is 2.37. The lowest BCUT2D eigenvalue weighted by molar-refractivity contribution is -0.122. The number of carbonyl (C=O) groups excluding carboxylic acids is 2. The predicted octanol–water partition coefficient (Wildman–Crippen LogP) is 2.54. The van der Waals surface area contributed by atoms with Crippen LogP contribution in [-0.2, 0) is 16.0 Å². The van der Waals surface area contributed by atoms with Crippen LogP contribution in [0.25, 0.3) is 0 Å². The Morgan fingerprint density at radius 2 is 1.78 bits per heavy atom. The van der Waals surface area contributed by atoms with Crippen molar-refractivity contribution < 1.29 is 19.1 Å². The third-order valence-electron chi connectivity index (χ3n) is 4.18. The Balaban J connectivity index is 1.58. The fraction of sp³-hybridized carbons (Fsp3) is 0.222. The molecule has 1 atom stereocenters. The molecule has 5 nitrogen and oxygen atoms in total. The molecule has 116 valence electrons. The molecule has 0 bridgehead atoms. The molecule has 2 aromatic carbocycles. The standard InChI is InChI=1S/C18H15NO4/c20-17-9-13(8-12-4-2-1-3-5-12)18(21)19(17)14-6-7-15-16(10-14)23-11-22-15/h1-7,10,13H,8-9,11H2/t13-/m1/s1. The first-order chi connectivity index (χ1) is 11.2. The van der Waals surface area contributed by atoms with Gasteiger partial charge in [-0.3, -0.25) is 14.5 Å². The van der Waals surface area contributed by atoms with Crippen molar-refractivity contribution in [2.45, 2.75) is 12.8 Å². The van der Waals surface area contributed by atoms with E-state index >= 15 is 0 Å². The van der Waals surface area contributed by atoms with Gasteiger partial charge < -0.3 is 9.47 Å². The number of nitrogens with zero attached hydrogens (tertiary/aromatic N) is 1. The van der Waals surface area contributed by atoms with Gasteiger partial charge in [0.15, 0.2) is 11.5 Å². The Morgan fingerprint density at radius 1 is 1.00 bits per heavy atom. The Labute approximate surface area is 133 Å². The van der Waals surface area contributed by atoms with Gasteiger partial charge in [0.05, 0.1) is 11.6 Å². The second kappa shape index (κ2) is 5.43. The molecule has 2 heterocycles. The monoisotopic (exact) mass is 309 g/mol. The summed E-state index contributed by atoms with van der Waals surface area (Å²) in [5, 5.41) is 0. The van der Waals surface area contributed by atoms with Gasteiger partial charge in [-0.05, 0) is 24.1 Å². The number of ether oxygens (including phenoxy) is 2. The van der Waals surface area contributed by atoms with Gasteiger partial charge in [-0.15, -0.1) is 0 Å². The SMILES string of the molecule is O=C1C[C@@H](Cc2ccccc2)C(=O)N1c1ccc2c(c1)OCO2. The van der Waals surface area contributed by atoms with Gasteiger partial charge in [0.2, 0.25) is 18.6 Å². The zero-order valence-electron chi connectivity index (χ0n) is 12.4. The van der Waals surface area contributed by atoms with Crippen molar-refractivity contribution in [2.24, 2.45) is 5.92 Å². The number of hydrogen-bond donors (Lipinski definition) is 0. The van der Waals surface area contributed by atoms with Gasteiger partial charge in [-0.1, -0.05) is 30.3 Å². The lowest BCUT2D eigenvalue weighted by Gasteiger charge is -2.15. The average molecular weight is 309 g/mol. The van der Waals surface area contributed by atoms with E-state index in [2.05, 4.69) is 0 Å². The number of imide groups is 1. The van der Waals surface area contributed by atoms with Crippen LogP contribution in [0, 0.1) is 5.92 Å². The minimum atomic E-state index is -0.310. The second-order valence-electron chi connectivity index (χ2n) is 5.70. The zero-order chi connectivity index (χ0) is 15.8. The van der Waals surface area contributed by atoms with E-state index in [9.17, 15) is 9.59 Å². The van der Waals surface area contributed by atoms with Gasteiger partial charge in [0.1, 0.15) is 0 Å². The smallest absolute Gasteiger partial charge is 0.237 e. The molecule has 0 radical (unpaired) electrons. The summed E-state index contributed by atoms with van der Waals surface area (Å²) in [6.45, 7) is 0.164. The van der Waals surface area contributed by atoms with Crippen LogP contribution >= 0.6 is 0 Å². The number of fused-ring (bicyclic) bond motifs is 1. The number of hydrogen-bond acceptors (Lipinski definition) is 4. The molecule has 23 heavy (non-hydrogen) atoms. The summed E-state index contributed by atoms with van der Waals surface area (Å²) in [6.07, 6.45) is 0.814. The Morgan fingerprint density at radius 3 is 2.61 bits per heavy atom. The molecule has 4 rings (SSSR count). The molecule has 0 N–H and O–H groups in total. The largest absolute Gasteiger partial charge is 0.454 e. The van der Waals surface area contributed by atoms with E-state index in [1.807, 2.05) is 30.3 Å². The topological polar surface area (TPSA) is 55.8 Å². The Bertz CT molecular complexity index is 772. The third-order valence-corrected chi connectivity index (χ3v) is 4.18. The molecule has 2 aromatic rings. The minimum Gasteiger partial charge on any atom is -0.454 e. The molecular formula is C18H15NO4. The predicted molar refractivity (Wildman–Crippen MR) is 83.3 cm³/mol. The highest BCUT2D eigenvalue weighted by atomic mass is 16.7. The first kappa shape index (κ1) is 13.8. The van der Waals surface area contributed by atoms with Crippen LogP contribution in [0.4, 0.5) is 5.69 Å². The van der Waals surface area contributed by atoms with E-state index in [4.69, 9.17) is 9.47 Å². The molecule has 2 aliphatic rings. The lowest BCUT2D eigenvalue weighted by atomic mass is 9.98. The summed E-state index contributed by atoms with van der Waals surface area (Å²) in [4.78, 5) is 26.2. The van der Waals surface area contributed by atoms with Crippen LogP contribution in [0.15, 0.2) is 48.5 Å². The zero-order valence-corrected chi connectivity index (χ0v) is 12.4. The van der Waals surface area contributed by atoms with Crippen molar-refractivity contribution >= 4 is 17.5 Å². The van der Waals surface area contributed by atoms with Crippen LogP contribution < -0.4 is 14.4 Å². The van der Waals surface area contributed by atoms with Crippen molar-refractivity contribution in [1.29, 1.82) is 0 Å². The van der Waals surface area contributed by atoms with E-state index in [0.717, 1.165) is 5.56 Å². The van der Waals surface area contributed by atoms with Crippen LogP contribution in [0.5, 0.6) is 11.5 Å². The van der Waals surface area contributed by atoms with Gasteiger partial charge >= 0.3 is 0 Å². The van der Waals surface area contributed by atoms with E-state index in [1.54, 1.807) is 18.2 Å². The summed E-state index contributed by atoms with van der Waals surface area (Å²) < 4.78 is 10.6. The number of anilines is 1. The summed E-state index contributed by atoms with van der Waals surface area (Å²) in [7, 11) is 0. The second-order valence-corrected chi connectivity index (χ2v) is 5.70. The van der Waals surface area contributed by atoms with Gasteiger partial charge in [-0.2, -0.15) is 0 Å². The molecule has 2 amide bonds. The number of benzene rings is 2. The van der Waals surface area contributed by atoms with E-state index < -0.39 is 0 Å². The van der Waals surface area contributed by atoms with Crippen LogP contribution in [0.2, 0.25) is 0 Å². The van der Waals surface area contributed by atoms with Crippen LogP contribution in [-0.4, -0.2) is 18.6 Å². The van der Waals surface area contributed by atoms with Gasteiger partial charge in [0.25, 0.3) is 0 Å². The molecule has 0 unspecified atom stereocenters. The number of rotatable bonds is 3. The van der Waals surface area contributed by atoms with E-state index in [1.165, 1.54) is 4.90 Å². The highest BCUT2D eigenvalue weighted by molar-refractivity contribution is 6.21. The fourth-order valence-corrected chi connectivity index (χ4v) is 3.05. The molecule has 0 saturated carbocycles. The minimum absolute atomic E-state index is 0.155. The fourth-order valence-electron chi connectivity index (χ4n) is 3.05. The maximum absolute atomic E-state index is 12.7. The molecule has 2 aliphatic heterocycles. The van der Waals surface area contributed by atoms with E-state index in [-0.39, 0.29) is 30.9 Å². The van der Waals surface area contributed by atoms with E-state index in [0.29, 0.717) is 23.6 Å². The Hall–Kier alpha value is -2.82. The molecular weight excluding hydrogens is 294 g/mol. The van der Waals surface area contributed by atoms with Crippen LogP contribution in [0.3, 0.4) is 0 Å². The normalized spacial score (nSPS) is 19.5. The van der Waals surface area contributed by atoms with Crippen molar-refractivity contribution in [3.05, 3.63) is 54.1 Å². The molecule has 0 aliphatic carbocycles. The van der Waals surface area contributed by atoms with Gasteiger partial charge in [0, 0.05) is 12.5 Å². The van der Waals surface area contributed by atoms with Crippen molar-refractivity contribution in [2.75, 3.05) is 11.7 Å². The van der Waals surface area contributed by atoms with Crippen molar-refractivity contribution in [3.8, 4) is 11.5 Å². The molecule has 1 fully saturated rings. The number of amides is 2. The van der Waals surface area contributed by atoms with Crippen molar-refractivity contribution in [1.82, 2.24) is 0 Å². The first-order valence-corrected chi connectivity index (χ1v) is 7.53. The summed E-state index contributed by atoms with van der Waals surface area (Å²) in [5.74, 6) is 0.561. The average Bonchev–Trinajstić information content (AvgIpc) is 3.13. The summed E-state index contributed by atoms with van der Waals surface area (Å²) in [5.41, 5.74) is 1.60. The van der Waals surface area contributed by atoms with Gasteiger partial charge in [-0.25, -0.2) is 0 Å².